The van der Waals surface area contributed by atoms with E-state index in [1.807, 2.05) is 48.5 Å². The second-order valence-corrected chi connectivity index (χ2v) is 16.0. The van der Waals surface area contributed by atoms with Gasteiger partial charge in [0.25, 0.3) is 14.2 Å². The summed E-state index contributed by atoms with van der Waals surface area (Å²) in [7, 11) is -2.13. The van der Waals surface area contributed by atoms with Crippen molar-refractivity contribution in [3.05, 3.63) is 101 Å². The van der Waals surface area contributed by atoms with Crippen molar-refractivity contribution in [2.45, 2.75) is 45.3 Å². The highest BCUT2D eigenvalue weighted by atomic mass is 35.5. The molecule has 0 bridgehead atoms. The average Bonchev–Trinajstić information content (AvgIpc) is 3.49. The number of aliphatic imine (C=N–C) groups is 2. The minimum atomic E-state index is -2.13. The molecular weight excluding hydrogens is 514 g/mol. The van der Waals surface area contributed by atoms with Crippen molar-refractivity contribution in [2.75, 3.05) is 0 Å². The molecule has 1 aromatic heterocycles. The lowest BCUT2D eigenvalue weighted by Gasteiger charge is -2.36. The van der Waals surface area contributed by atoms with Gasteiger partial charge in [-0.3, -0.25) is 9.69 Å². The minimum absolute atomic E-state index is 0.0154. The largest absolute Gasteiger partial charge is 0.542 e. The molecule has 0 fully saturated rings. The van der Waals surface area contributed by atoms with E-state index in [1.54, 1.807) is 35.6 Å². The van der Waals surface area contributed by atoms with E-state index in [-0.39, 0.29) is 10.9 Å². The van der Waals surface area contributed by atoms with Crippen LogP contribution in [0.3, 0.4) is 0 Å². The van der Waals surface area contributed by atoms with Gasteiger partial charge in [-0.2, -0.15) is 0 Å². The molecule has 0 N–H and O–H groups in total. The molecule has 194 valence electrons. The van der Waals surface area contributed by atoms with Crippen LogP contribution in [-0.4, -0.2) is 30.7 Å². The maximum atomic E-state index is 13.4. The van der Waals surface area contributed by atoms with Gasteiger partial charge in [-0.1, -0.05) is 68.8 Å². The van der Waals surface area contributed by atoms with E-state index in [0.717, 1.165) is 11.1 Å². The van der Waals surface area contributed by atoms with Crippen LogP contribution in [0.2, 0.25) is 23.2 Å². The maximum Gasteiger partial charge on any atom is 0.282 e. The number of nitrogens with zero attached hydrogens (tertiary/aromatic N) is 3. The zero-order chi connectivity index (χ0) is 27.1. The van der Waals surface area contributed by atoms with E-state index in [0.29, 0.717) is 45.9 Å². The summed E-state index contributed by atoms with van der Waals surface area (Å²) in [5.41, 5.74) is 3.52. The van der Waals surface area contributed by atoms with Crippen molar-refractivity contribution in [1.82, 2.24) is 4.90 Å². The molecule has 0 aliphatic carbocycles. The number of hydrogen-bond acceptors (Lipinski definition) is 5. The molecule has 3 aromatic rings. The van der Waals surface area contributed by atoms with Crippen molar-refractivity contribution in [1.29, 1.82) is 0 Å². The summed E-state index contributed by atoms with van der Waals surface area (Å²) < 4.78 is 12.0. The average molecular weight is 544 g/mol. The predicted octanol–water partition coefficient (Wildman–Crippen LogP) is 7.59. The Balaban J connectivity index is 1.56. The molecule has 2 aliphatic rings. The van der Waals surface area contributed by atoms with E-state index in [1.165, 1.54) is 0 Å². The minimum Gasteiger partial charge on any atom is -0.542 e. The topological polar surface area (TPSA) is 67.4 Å². The number of amidine groups is 1. The molecule has 0 saturated heterocycles. The van der Waals surface area contributed by atoms with Gasteiger partial charge in [-0.25, -0.2) is 9.98 Å². The molecule has 38 heavy (non-hydrogen) atoms. The van der Waals surface area contributed by atoms with Gasteiger partial charge >= 0.3 is 0 Å². The van der Waals surface area contributed by atoms with Gasteiger partial charge in [0.1, 0.15) is 17.2 Å². The van der Waals surface area contributed by atoms with Crippen LogP contribution in [0.15, 0.2) is 93.2 Å². The number of carbonyl (C=O) groups is 1. The number of benzene rings is 2. The molecule has 0 unspecified atom stereocenters. The molecule has 0 atom stereocenters. The summed E-state index contributed by atoms with van der Waals surface area (Å²) >= 11 is 6.57. The highest BCUT2D eigenvalue weighted by Gasteiger charge is 2.40. The van der Waals surface area contributed by atoms with E-state index in [4.69, 9.17) is 25.4 Å². The molecule has 5 rings (SSSR count). The van der Waals surface area contributed by atoms with Gasteiger partial charge in [0, 0.05) is 24.3 Å². The molecule has 1 amide bonds. The van der Waals surface area contributed by atoms with E-state index in [9.17, 15) is 4.79 Å². The Morgan fingerprint density at radius 1 is 1.05 bits per heavy atom. The van der Waals surface area contributed by atoms with Crippen molar-refractivity contribution in [3.8, 4) is 5.75 Å². The highest BCUT2D eigenvalue weighted by Crippen LogP contribution is 2.40. The smallest absolute Gasteiger partial charge is 0.282 e. The normalized spacial score (nSPS) is 16.8. The second-order valence-electron chi connectivity index (χ2n) is 10.9. The third-order valence-electron chi connectivity index (χ3n) is 7.09. The lowest BCUT2D eigenvalue weighted by Crippen LogP contribution is -2.43. The fraction of sp³-hybridized carbons (Fsp3) is 0.233. The lowest BCUT2D eigenvalue weighted by atomic mass is 10.0. The Morgan fingerprint density at radius 3 is 2.50 bits per heavy atom. The number of hydrogen-bond donors (Lipinski definition) is 0. The standard InChI is InChI=1S/C30H30ClN3O3Si/c1-30(2,3)38(4,5)37-27-17-21(13-14-23(27)31)26-19-34-28(24(32-26)16-20-10-7-6-8-11-20)33-25(29(34)35)18-22-12-9-15-36-22/h6-15,17-19H,16H2,1-5H3/b25-18-. The first-order valence-electron chi connectivity index (χ1n) is 12.5. The zero-order valence-electron chi connectivity index (χ0n) is 22.2. The maximum absolute atomic E-state index is 13.4. The van der Waals surface area contributed by atoms with Crippen molar-refractivity contribution in [2.24, 2.45) is 9.98 Å². The van der Waals surface area contributed by atoms with Gasteiger partial charge in [0.2, 0.25) is 0 Å². The van der Waals surface area contributed by atoms with Crippen LogP contribution in [0.1, 0.15) is 37.7 Å². The zero-order valence-corrected chi connectivity index (χ0v) is 23.9. The quantitative estimate of drug-likeness (QED) is 0.237. The summed E-state index contributed by atoms with van der Waals surface area (Å²) in [6, 6.07) is 19.2. The van der Waals surface area contributed by atoms with E-state index >= 15 is 0 Å². The Bertz CT molecular complexity index is 1500. The van der Waals surface area contributed by atoms with Gasteiger partial charge in [0.05, 0.1) is 22.7 Å². The van der Waals surface area contributed by atoms with Crippen LogP contribution in [0.25, 0.3) is 11.8 Å². The van der Waals surface area contributed by atoms with Crippen LogP contribution in [-0.2, 0) is 11.2 Å². The molecule has 3 heterocycles. The summed E-state index contributed by atoms with van der Waals surface area (Å²) in [6.45, 7) is 10.9. The van der Waals surface area contributed by atoms with Crippen LogP contribution in [0.4, 0.5) is 0 Å². The first-order valence-corrected chi connectivity index (χ1v) is 15.8. The van der Waals surface area contributed by atoms with Crippen molar-refractivity contribution < 1.29 is 13.6 Å². The molecular formula is C30H30ClN3O3Si. The molecule has 2 aromatic carbocycles. The number of carbonyl (C=O) groups excluding carboxylic acids is 1. The van der Waals surface area contributed by atoms with E-state index in [2.05, 4.69) is 38.9 Å². The Labute approximate surface area is 229 Å². The van der Waals surface area contributed by atoms with Crippen LogP contribution >= 0.6 is 11.6 Å². The van der Waals surface area contributed by atoms with Crippen LogP contribution < -0.4 is 4.43 Å². The predicted molar refractivity (Wildman–Crippen MR) is 156 cm³/mol. The molecule has 0 saturated carbocycles. The number of furan rings is 1. The molecule has 6 nitrogen and oxygen atoms in total. The first kappa shape index (κ1) is 25.9. The van der Waals surface area contributed by atoms with Gasteiger partial charge < -0.3 is 8.84 Å². The number of amides is 1. The molecule has 2 aliphatic heterocycles. The number of halogens is 1. The van der Waals surface area contributed by atoms with Gasteiger partial charge in [-0.05, 0) is 48.0 Å². The lowest BCUT2D eigenvalue weighted by molar-refractivity contribution is -0.120. The van der Waals surface area contributed by atoms with Crippen LogP contribution in [0, 0.1) is 0 Å². The fourth-order valence-electron chi connectivity index (χ4n) is 3.92. The third-order valence-corrected chi connectivity index (χ3v) is 11.7. The third kappa shape index (κ3) is 5.17. The summed E-state index contributed by atoms with van der Waals surface area (Å²) in [6.07, 6.45) is 5.47. The monoisotopic (exact) mass is 543 g/mol. The highest BCUT2D eigenvalue weighted by molar-refractivity contribution is 6.74. The van der Waals surface area contributed by atoms with Crippen LogP contribution in [0.5, 0.6) is 5.75 Å². The SMILES string of the molecule is CC(C)(C)[Si](C)(C)Oc1cc(C2=CN3C(=O)/C(=C/c4ccco4)N=C3C(Cc3ccccc3)=N2)ccc1Cl. The Morgan fingerprint density at radius 2 is 1.82 bits per heavy atom. The van der Waals surface area contributed by atoms with E-state index < -0.39 is 8.32 Å². The Hall–Kier alpha value is -3.68. The summed E-state index contributed by atoms with van der Waals surface area (Å²) in [4.78, 5) is 24.6. The second kappa shape index (κ2) is 9.89. The molecule has 8 heteroatoms. The number of fused-ring (bicyclic) bond motifs is 1. The van der Waals surface area contributed by atoms with Gasteiger partial charge in [0.15, 0.2) is 5.84 Å². The van der Waals surface area contributed by atoms with Crippen molar-refractivity contribution in [3.63, 3.8) is 0 Å². The molecule has 0 spiro atoms. The van der Waals surface area contributed by atoms with Gasteiger partial charge in [-0.15, -0.1) is 0 Å². The summed E-state index contributed by atoms with van der Waals surface area (Å²) in [5, 5.41) is 0.563. The van der Waals surface area contributed by atoms with Crippen molar-refractivity contribution >= 4 is 49.1 Å². The summed E-state index contributed by atoms with van der Waals surface area (Å²) in [5.74, 6) is 1.48. The fourth-order valence-corrected chi connectivity index (χ4v) is 5.17. The molecule has 0 radical (unpaired) electrons. The first-order chi connectivity index (χ1) is 18.0. The Kier molecular flexibility index (Phi) is 6.75. The number of rotatable bonds is 6.